The Hall–Kier alpha value is -2.89. The summed E-state index contributed by atoms with van der Waals surface area (Å²) in [5.41, 5.74) is 0.985. The van der Waals surface area contributed by atoms with Crippen molar-refractivity contribution in [1.82, 2.24) is 5.32 Å². The van der Waals surface area contributed by atoms with E-state index in [1.54, 1.807) is 36.4 Å². The summed E-state index contributed by atoms with van der Waals surface area (Å²) in [5.74, 6) is -1.04. The smallest absolute Gasteiger partial charge is 0.342 e. The topological polar surface area (TPSA) is 64.6 Å². The quantitative estimate of drug-likeness (QED) is 0.830. The van der Waals surface area contributed by atoms with Gasteiger partial charge in [0, 0.05) is 7.05 Å². The number of benzene rings is 2. The number of hydrogen-bond donors (Lipinski definition) is 1. The van der Waals surface area contributed by atoms with E-state index < -0.39 is 11.9 Å². The van der Waals surface area contributed by atoms with Gasteiger partial charge in [0.25, 0.3) is 5.91 Å². The van der Waals surface area contributed by atoms with Crippen molar-refractivity contribution >= 4 is 11.9 Å². The third kappa shape index (κ3) is 4.81. The molecule has 0 aliphatic carbocycles. The van der Waals surface area contributed by atoms with Crippen LogP contribution in [0.15, 0.2) is 48.5 Å². The second-order valence-corrected chi connectivity index (χ2v) is 4.66. The number of amides is 1. The summed E-state index contributed by atoms with van der Waals surface area (Å²) in [6.07, 6.45) is 0. The molecule has 0 aromatic heterocycles. The van der Waals surface area contributed by atoms with Crippen molar-refractivity contribution < 1.29 is 23.5 Å². The molecule has 0 atom stereocenters. The van der Waals surface area contributed by atoms with E-state index in [4.69, 9.17) is 9.47 Å². The summed E-state index contributed by atoms with van der Waals surface area (Å²) in [7, 11) is 1.45. The van der Waals surface area contributed by atoms with Gasteiger partial charge >= 0.3 is 5.97 Å². The van der Waals surface area contributed by atoms with Crippen LogP contribution >= 0.6 is 0 Å². The van der Waals surface area contributed by atoms with Crippen LogP contribution in [0.3, 0.4) is 0 Å². The number of carbonyl (C=O) groups is 2. The van der Waals surface area contributed by atoms with Gasteiger partial charge in [-0.3, -0.25) is 4.79 Å². The SMILES string of the molecule is CNC(=O)COC(=O)c1ccccc1OCc1ccc(F)cc1. The number of halogens is 1. The Morgan fingerprint density at radius 3 is 2.48 bits per heavy atom. The lowest BCUT2D eigenvalue weighted by Crippen LogP contribution is -2.25. The number of rotatable bonds is 6. The van der Waals surface area contributed by atoms with Crippen LogP contribution in [0.25, 0.3) is 0 Å². The maximum atomic E-state index is 12.9. The van der Waals surface area contributed by atoms with Crippen LogP contribution in [0.5, 0.6) is 5.75 Å². The van der Waals surface area contributed by atoms with Crippen molar-refractivity contribution in [3.8, 4) is 5.75 Å². The molecule has 0 bridgehead atoms. The number of carbonyl (C=O) groups excluding carboxylic acids is 2. The molecule has 0 saturated heterocycles. The molecule has 120 valence electrons. The Balaban J connectivity index is 2.03. The van der Waals surface area contributed by atoms with E-state index in [0.29, 0.717) is 5.75 Å². The van der Waals surface area contributed by atoms with Crippen molar-refractivity contribution in [2.24, 2.45) is 0 Å². The number of para-hydroxylation sites is 1. The number of esters is 1. The van der Waals surface area contributed by atoms with Gasteiger partial charge in [0.1, 0.15) is 23.7 Å². The van der Waals surface area contributed by atoms with E-state index in [2.05, 4.69) is 5.32 Å². The first-order chi connectivity index (χ1) is 11.1. The average molecular weight is 317 g/mol. The highest BCUT2D eigenvalue weighted by Crippen LogP contribution is 2.20. The lowest BCUT2D eigenvalue weighted by atomic mass is 10.2. The number of ether oxygens (including phenoxy) is 2. The van der Waals surface area contributed by atoms with Crippen molar-refractivity contribution in [3.63, 3.8) is 0 Å². The highest BCUT2D eigenvalue weighted by atomic mass is 19.1. The summed E-state index contributed by atoms with van der Waals surface area (Å²) < 4.78 is 23.4. The van der Waals surface area contributed by atoms with E-state index >= 15 is 0 Å². The van der Waals surface area contributed by atoms with Gasteiger partial charge in [-0.2, -0.15) is 0 Å². The molecule has 0 saturated carbocycles. The Morgan fingerprint density at radius 2 is 1.78 bits per heavy atom. The molecule has 5 nitrogen and oxygen atoms in total. The number of likely N-dealkylation sites (N-methyl/N-ethyl adjacent to an activating group) is 1. The second-order valence-electron chi connectivity index (χ2n) is 4.66. The van der Waals surface area contributed by atoms with E-state index in [1.807, 2.05) is 0 Å². The lowest BCUT2D eigenvalue weighted by Gasteiger charge is -2.11. The summed E-state index contributed by atoms with van der Waals surface area (Å²) >= 11 is 0. The molecule has 0 aliphatic rings. The summed E-state index contributed by atoms with van der Waals surface area (Å²) in [4.78, 5) is 23.1. The predicted octanol–water partition coefficient (Wildman–Crippen LogP) is 2.31. The minimum atomic E-state index is -0.650. The molecule has 0 unspecified atom stereocenters. The van der Waals surface area contributed by atoms with E-state index in [0.717, 1.165) is 5.56 Å². The van der Waals surface area contributed by atoms with Crippen LogP contribution in [0.4, 0.5) is 4.39 Å². The van der Waals surface area contributed by atoms with E-state index in [1.165, 1.54) is 19.2 Å². The molecule has 0 fully saturated rings. The molecule has 1 N–H and O–H groups in total. The van der Waals surface area contributed by atoms with Gasteiger partial charge in [-0.05, 0) is 29.8 Å². The van der Waals surface area contributed by atoms with E-state index in [-0.39, 0.29) is 24.6 Å². The minimum absolute atomic E-state index is 0.181. The zero-order chi connectivity index (χ0) is 16.7. The molecule has 23 heavy (non-hydrogen) atoms. The van der Waals surface area contributed by atoms with Gasteiger partial charge in [-0.1, -0.05) is 24.3 Å². The van der Waals surface area contributed by atoms with Gasteiger partial charge in [0.05, 0.1) is 0 Å². The van der Waals surface area contributed by atoms with Gasteiger partial charge in [0.15, 0.2) is 6.61 Å². The van der Waals surface area contributed by atoms with Crippen molar-refractivity contribution in [1.29, 1.82) is 0 Å². The van der Waals surface area contributed by atoms with Gasteiger partial charge in [0.2, 0.25) is 0 Å². The standard InChI is InChI=1S/C17H16FNO4/c1-19-16(20)11-23-17(21)14-4-2-3-5-15(14)22-10-12-6-8-13(18)9-7-12/h2-9H,10-11H2,1H3,(H,19,20). The van der Waals surface area contributed by atoms with Crippen molar-refractivity contribution in [2.45, 2.75) is 6.61 Å². The van der Waals surface area contributed by atoms with Crippen LogP contribution < -0.4 is 10.1 Å². The number of nitrogens with one attached hydrogen (secondary N) is 1. The van der Waals surface area contributed by atoms with Gasteiger partial charge < -0.3 is 14.8 Å². The highest BCUT2D eigenvalue weighted by Gasteiger charge is 2.15. The second kappa shape index (κ2) is 7.93. The first kappa shape index (κ1) is 16.5. The fraction of sp³-hybridized carbons (Fsp3) is 0.176. The molecule has 2 aromatic carbocycles. The molecule has 2 rings (SSSR count). The van der Waals surface area contributed by atoms with Crippen LogP contribution in [0, 0.1) is 5.82 Å². The first-order valence-electron chi connectivity index (χ1n) is 6.94. The number of hydrogen-bond acceptors (Lipinski definition) is 4. The Morgan fingerprint density at radius 1 is 1.09 bits per heavy atom. The van der Waals surface area contributed by atoms with Gasteiger partial charge in [-0.15, -0.1) is 0 Å². The molecular formula is C17H16FNO4. The fourth-order valence-electron chi connectivity index (χ4n) is 1.78. The monoisotopic (exact) mass is 317 g/mol. The average Bonchev–Trinajstić information content (AvgIpc) is 2.59. The summed E-state index contributed by atoms with van der Waals surface area (Å²) in [6, 6.07) is 12.4. The van der Waals surface area contributed by atoms with Crippen molar-refractivity contribution in [3.05, 3.63) is 65.5 Å². The highest BCUT2D eigenvalue weighted by molar-refractivity contribution is 5.93. The third-order valence-electron chi connectivity index (χ3n) is 3.03. The minimum Gasteiger partial charge on any atom is -0.488 e. The predicted molar refractivity (Wildman–Crippen MR) is 81.5 cm³/mol. The van der Waals surface area contributed by atoms with Crippen molar-refractivity contribution in [2.75, 3.05) is 13.7 Å². The van der Waals surface area contributed by atoms with Crippen LogP contribution in [-0.4, -0.2) is 25.5 Å². The zero-order valence-corrected chi connectivity index (χ0v) is 12.5. The Kier molecular flexibility index (Phi) is 5.68. The molecule has 0 heterocycles. The van der Waals surface area contributed by atoms with E-state index in [9.17, 15) is 14.0 Å². The molecule has 0 spiro atoms. The molecular weight excluding hydrogens is 301 g/mol. The zero-order valence-electron chi connectivity index (χ0n) is 12.5. The maximum absolute atomic E-state index is 12.9. The van der Waals surface area contributed by atoms with Crippen LogP contribution in [0.1, 0.15) is 15.9 Å². The summed E-state index contributed by atoms with van der Waals surface area (Å²) in [6.45, 7) is -0.179. The molecule has 2 aromatic rings. The summed E-state index contributed by atoms with van der Waals surface area (Å²) in [5, 5.41) is 2.36. The molecule has 0 radical (unpaired) electrons. The van der Waals surface area contributed by atoms with Crippen LogP contribution in [-0.2, 0) is 16.1 Å². The normalized spacial score (nSPS) is 10.0. The Labute approximate surface area is 133 Å². The fourth-order valence-corrected chi connectivity index (χ4v) is 1.78. The molecule has 6 heteroatoms. The largest absolute Gasteiger partial charge is 0.488 e. The molecule has 1 amide bonds. The maximum Gasteiger partial charge on any atom is 0.342 e. The van der Waals surface area contributed by atoms with Crippen LogP contribution in [0.2, 0.25) is 0 Å². The Bertz CT molecular complexity index is 685. The molecule has 0 aliphatic heterocycles. The lowest BCUT2D eigenvalue weighted by molar-refractivity contribution is -0.123. The third-order valence-corrected chi connectivity index (χ3v) is 3.03. The first-order valence-corrected chi connectivity index (χ1v) is 6.94. The van der Waals surface area contributed by atoms with Gasteiger partial charge in [-0.25, -0.2) is 9.18 Å².